The molecule has 3 nitrogen and oxygen atoms in total. The number of benzene rings is 1. The lowest BCUT2D eigenvalue weighted by Crippen LogP contribution is -2.40. The van der Waals surface area contributed by atoms with E-state index in [4.69, 9.17) is 4.74 Å². The second kappa shape index (κ2) is 6.55. The molecule has 18 heavy (non-hydrogen) atoms. The second-order valence-corrected chi connectivity index (χ2v) is 4.77. The molecule has 0 heterocycles. The van der Waals surface area contributed by atoms with Crippen molar-refractivity contribution in [2.75, 3.05) is 7.11 Å². The molecule has 0 spiro atoms. The number of esters is 1. The van der Waals surface area contributed by atoms with E-state index in [1.807, 2.05) is 18.2 Å². The predicted molar refractivity (Wildman–Crippen MR) is 73.6 cm³/mol. The van der Waals surface area contributed by atoms with Crippen LogP contribution in [0.1, 0.15) is 49.5 Å². The normalized spacial score (nSPS) is 11.3. The minimum Gasteiger partial charge on any atom is -0.465 e. The molecule has 0 bridgehead atoms. The highest BCUT2D eigenvalue weighted by atomic mass is 16.5. The van der Waals surface area contributed by atoms with E-state index in [9.17, 15) is 4.79 Å². The van der Waals surface area contributed by atoms with Gasteiger partial charge in [-0.05, 0) is 31.4 Å². The maximum atomic E-state index is 11.6. The second-order valence-electron chi connectivity index (χ2n) is 4.77. The van der Waals surface area contributed by atoms with E-state index >= 15 is 0 Å². The summed E-state index contributed by atoms with van der Waals surface area (Å²) in [6.45, 7) is 7.22. The summed E-state index contributed by atoms with van der Waals surface area (Å²) in [6.07, 6.45) is 2.12. The number of nitrogens with one attached hydrogen (secondary N) is 1. The van der Waals surface area contributed by atoms with Crippen molar-refractivity contribution in [1.29, 1.82) is 0 Å². The van der Waals surface area contributed by atoms with Crippen molar-refractivity contribution in [3.05, 3.63) is 35.4 Å². The van der Waals surface area contributed by atoms with E-state index in [1.165, 1.54) is 7.11 Å². The molecular formula is C15H23NO2. The first-order valence-electron chi connectivity index (χ1n) is 6.47. The van der Waals surface area contributed by atoms with Crippen LogP contribution in [0.4, 0.5) is 0 Å². The summed E-state index contributed by atoms with van der Waals surface area (Å²) in [7, 11) is 1.41. The van der Waals surface area contributed by atoms with Crippen LogP contribution in [0.3, 0.4) is 0 Å². The van der Waals surface area contributed by atoms with Crippen molar-refractivity contribution in [1.82, 2.24) is 5.32 Å². The van der Waals surface area contributed by atoms with E-state index in [1.54, 1.807) is 6.07 Å². The molecule has 0 saturated heterocycles. The molecule has 1 N–H and O–H groups in total. The van der Waals surface area contributed by atoms with Crippen molar-refractivity contribution < 1.29 is 9.53 Å². The Balaban J connectivity index is 2.82. The third-order valence-corrected chi connectivity index (χ3v) is 3.69. The minimum absolute atomic E-state index is 0.114. The number of rotatable bonds is 6. The summed E-state index contributed by atoms with van der Waals surface area (Å²) < 4.78 is 4.79. The van der Waals surface area contributed by atoms with Gasteiger partial charge in [-0.25, -0.2) is 4.79 Å². The Hall–Kier alpha value is -1.35. The molecule has 0 radical (unpaired) electrons. The average Bonchev–Trinajstić information content (AvgIpc) is 2.44. The first kappa shape index (κ1) is 14.7. The molecule has 0 aliphatic rings. The van der Waals surface area contributed by atoms with Crippen LogP contribution in [0.5, 0.6) is 0 Å². The number of ether oxygens (including phenoxy) is 1. The van der Waals surface area contributed by atoms with Crippen molar-refractivity contribution in [3.8, 4) is 0 Å². The van der Waals surface area contributed by atoms with E-state index in [0.29, 0.717) is 12.1 Å². The molecule has 3 heteroatoms. The molecule has 0 fully saturated rings. The number of carbonyl (C=O) groups excluding carboxylic acids is 1. The standard InChI is InChI=1S/C15H23NO2/c1-5-15(3,6-2)16-11-12-9-7-8-10-13(12)14(17)18-4/h7-10,16H,5-6,11H2,1-4H3. The number of hydrogen-bond acceptors (Lipinski definition) is 3. The van der Waals surface area contributed by atoms with Crippen LogP contribution >= 0.6 is 0 Å². The lowest BCUT2D eigenvalue weighted by molar-refractivity contribution is 0.0599. The zero-order chi connectivity index (χ0) is 13.6. The maximum absolute atomic E-state index is 11.6. The van der Waals surface area contributed by atoms with Crippen LogP contribution in [0, 0.1) is 0 Å². The van der Waals surface area contributed by atoms with Gasteiger partial charge >= 0.3 is 5.97 Å². The molecule has 1 aromatic rings. The molecule has 0 aliphatic heterocycles. The van der Waals surface area contributed by atoms with Gasteiger partial charge in [0.15, 0.2) is 0 Å². The van der Waals surface area contributed by atoms with Crippen molar-refractivity contribution in [2.45, 2.75) is 45.7 Å². The van der Waals surface area contributed by atoms with Gasteiger partial charge in [0.05, 0.1) is 12.7 Å². The minimum atomic E-state index is -0.276. The molecule has 0 aliphatic carbocycles. The van der Waals surface area contributed by atoms with Crippen molar-refractivity contribution in [2.24, 2.45) is 0 Å². The number of methoxy groups -OCH3 is 1. The van der Waals surface area contributed by atoms with Crippen LogP contribution in [-0.2, 0) is 11.3 Å². The van der Waals surface area contributed by atoms with E-state index in [0.717, 1.165) is 18.4 Å². The summed E-state index contributed by atoms with van der Waals surface area (Å²) in [5.74, 6) is -0.276. The molecular weight excluding hydrogens is 226 g/mol. The van der Waals surface area contributed by atoms with E-state index in [-0.39, 0.29) is 11.5 Å². The van der Waals surface area contributed by atoms with Gasteiger partial charge in [-0.2, -0.15) is 0 Å². The van der Waals surface area contributed by atoms with Crippen LogP contribution in [0.25, 0.3) is 0 Å². The molecule has 0 unspecified atom stereocenters. The fraction of sp³-hybridized carbons (Fsp3) is 0.533. The summed E-state index contributed by atoms with van der Waals surface area (Å²) in [6, 6.07) is 7.57. The quantitative estimate of drug-likeness (QED) is 0.787. The Kier molecular flexibility index (Phi) is 5.35. The number of carbonyl (C=O) groups is 1. The molecule has 100 valence electrons. The number of hydrogen-bond donors (Lipinski definition) is 1. The smallest absolute Gasteiger partial charge is 0.338 e. The zero-order valence-corrected chi connectivity index (χ0v) is 11.7. The lowest BCUT2D eigenvalue weighted by atomic mass is 9.95. The fourth-order valence-electron chi connectivity index (χ4n) is 1.79. The van der Waals surface area contributed by atoms with Gasteiger partial charge in [0.25, 0.3) is 0 Å². The van der Waals surface area contributed by atoms with Gasteiger partial charge in [-0.3, -0.25) is 0 Å². The summed E-state index contributed by atoms with van der Waals surface area (Å²) in [4.78, 5) is 11.6. The average molecular weight is 249 g/mol. The third kappa shape index (κ3) is 3.57. The molecule has 0 aromatic heterocycles. The molecule has 0 saturated carbocycles. The highest BCUT2D eigenvalue weighted by Gasteiger charge is 2.19. The Morgan fingerprint density at radius 1 is 1.28 bits per heavy atom. The SMILES string of the molecule is CCC(C)(CC)NCc1ccccc1C(=O)OC. The first-order chi connectivity index (χ1) is 8.56. The van der Waals surface area contributed by atoms with Gasteiger partial charge in [0.1, 0.15) is 0 Å². The monoisotopic (exact) mass is 249 g/mol. The van der Waals surface area contributed by atoms with Crippen molar-refractivity contribution >= 4 is 5.97 Å². The summed E-state index contributed by atoms with van der Waals surface area (Å²) in [5.41, 5.74) is 1.74. The van der Waals surface area contributed by atoms with Gasteiger partial charge in [-0.15, -0.1) is 0 Å². The largest absolute Gasteiger partial charge is 0.465 e. The lowest BCUT2D eigenvalue weighted by Gasteiger charge is -2.28. The van der Waals surface area contributed by atoms with E-state index < -0.39 is 0 Å². The zero-order valence-electron chi connectivity index (χ0n) is 11.7. The van der Waals surface area contributed by atoms with Crippen LogP contribution < -0.4 is 5.32 Å². The Labute approximate surface area is 110 Å². The topological polar surface area (TPSA) is 38.3 Å². The Morgan fingerprint density at radius 3 is 2.44 bits per heavy atom. The van der Waals surface area contributed by atoms with Gasteiger partial charge in [0.2, 0.25) is 0 Å². The molecule has 0 atom stereocenters. The van der Waals surface area contributed by atoms with Gasteiger partial charge in [-0.1, -0.05) is 32.0 Å². The first-order valence-corrected chi connectivity index (χ1v) is 6.47. The summed E-state index contributed by atoms with van der Waals surface area (Å²) in [5, 5.41) is 3.52. The molecule has 1 aromatic carbocycles. The van der Waals surface area contributed by atoms with Gasteiger partial charge < -0.3 is 10.1 Å². The molecule has 0 amide bonds. The highest BCUT2D eigenvalue weighted by molar-refractivity contribution is 5.90. The Bertz CT molecular complexity index is 397. The van der Waals surface area contributed by atoms with Gasteiger partial charge in [0, 0.05) is 12.1 Å². The van der Waals surface area contributed by atoms with E-state index in [2.05, 4.69) is 26.1 Å². The van der Waals surface area contributed by atoms with Crippen LogP contribution in [0.2, 0.25) is 0 Å². The Morgan fingerprint density at radius 2 is 1.89 bits per heavy atom. The van der Waals surface area contributed by atoms with Crippen molar-refractivity contribution in [3.63, 3.8) is 0 Å². The third-order valence-electron chi connectivity index (χ3n) is 3.69. The summed E-state index contributed by atoms with van der Waals surface area (Å²) >= 11 is 0. The predicted octanol–water partition coefficient (Wildman–Crippen LogP) is 3.14. The van der Waals surface area contributed by atoms with Crippen LogP contribution in [-0.4, -0.2) is 18.6 Å². The molecule has 1 rings (SSSR count). The van der Waals surface area contributed by atoms with Crippen LogP contribution in [0.15, 0.2) is 24.3 Å². The maximum Gasteiger partial charge on any atom is 0.338 e. The fourth-order valence-corrected chi connectivity index (χ4v) is 1.79. The highest BCUT2D eigenvalue weighted by Crippen LogP contribution is 2.16.